The molecule has 0 aliphatic carbocycles. The molecule has 0 spiro atoms. The van der Waals surface area contributed by atoms with Crippen LogP contribution in [0.15, 0.2) is 51.0 Å². The van der Waals surface area contributed by atoms with Crippen molar-refractivity contribution in [2.45, 2.75) is 23.4 Å². The number of cyclic esters (lactones) is 1. The predicted molar refractivity (Wildman–Crippen MR) is 94.0 cm³/mol. The SMILES string of the molecule is O=C1OCC[C@@H]1Sc1nc2cc(Cl)ccc2c(=O)n1Cc1ccco1. The van der Waals surface area contributed by atoms with Gasteiger partial charge in [0, 0.05) is 11.4 Å². The molecule has 0 bridgehead atoms. The van der Waals surface area contributed by atoms with Gasteiger partial charge >= 0.3 is 5.97 Å². The van der Waals surface area contributed by atoms with E-state index in [1.54, 1.807) is 36.6 Å². The molecule has 128 valence electrons. The molecule has 25 heavy (non-hydrogen) atoms. The first-order chi connectivity index (χ1) is 12.1. The predicted octanol–water partition coefficient (Wildman–Crippen LogP) is 3.10. The number of furan rings is 1. The molecule has 1 atom stereocenters. The van der Waals surface area contributed by atoms with Gasteiger partial charge in [-0.2, -0.15) is 0 Å². The van der Waals surface area contributed by atoms with Crippen LogP contribution in [0.4, 0.5) is 0 Å². The second kappa shape index (κ2) is 6.57. The topological polar surface area (TPSA) is 74.3 Å². The minimum atomic E-state index is -0.369. The number of carbonyl (C=O) groups is 1. The van der Waals surface area contributed by atoms with Gasteiger partial charge in [-0.15, -0.1) is 0 Å². The molecule has 3 heterocycles. The van der Waals surface area contributed by atoms with Crippen molar-refractivity contribution in [3.63, 3.8) is 0 Å². The summed E-state index contributed by atoms with van der Waals surface area (Å²) in [6, 6.07) is 8.51. The van der Waals surface area contributed by atoms with Crippen LogP contribution in [-0.2, 0) is 16.1 Å². The molecule has 1 saturated heterocycles. The van der Waals surface area contributed by atoms with Gasteiger partial charge < -0.3 is 9.15 Å². The fourth-order valence-electron chi connectivity index (χ4n) is 2.67. The number of esters is 1. The highest BCUT2D eigenvalue weighted by Gasteiger charge is 2.29. The molecule has 2 aromatic heterocycles. The van der Waals surface area contributed by atoms with Crippen LogP contribution in [0.3, 0.4) is 0 Å². The molecule has 4 rings (SSSR count). The Labute approximate surface area is 151 Å². The van der Waals surface area contributed by atoms with Crippen molar-refractivity contribution in [1.29, 1.82) is 0 Å². The summed E-state index contributed by atoms with van der Waals surface area (Å²) >= 11 is 7.26. The lowest BCUT2D eigenvalue weighted by Crippen LogP contribution is -2.25. The van der Waals surface area contributed by atoms with Crippen LogP contribution in [0, 0.1) is 0 Å². The molecule has 1 fully saturated rings. The number of halogens is 1. The summed E-state index contributed by atoms with van der Waals surface area (Å²) < 4.78 is 11.9. The van der Waals surface area contributed by atoms with Crippen LogP contribution < -0.4 is 5.56 Å². The van der Waals surface area contributed by atoms with Crippen LogP contribution in [-0.4, -0.2) is 27.4 Å². The first-order valence-electron chi connectivity index (χ1n) is 7.67. The van der Waals surface area contributed by atoms with Gasteiger partial charge in [-0.05, 0) is 30.3 Å². The fourth-order valence-corrected chi connectivity index (χ4v) is 3.90. The molecule has 6 nitrogen and oxygen atoms in total. The molecule has 1 aromatic carbocycles. The van der Waals surface area contributed by atoms with Crippen molar-refractivity contribution in [2.24, 2.45) is 0 Å². The Morgan fingerprint density at radius 2 is 2.20 bits per heavy atom. The van der Waals surface area contributed by atoms with Crippen molar-refractivity contribution >= 4 is 40.2 Å². The van der Waals surface area contributed by atoms with Gasteiger partial charge in [-0.25, -0.2) is 4.98 Å². The molecule has 0 amide bonds. The van der Waals surface area contributed by atoms with Gasteiger partial charge in [0.1, 0.15) is 11.0 Å². The number of hydrogen-bond acceptors (Lipinski definition) is 6. The Morgan fingerprint density at radius 1 is 1.32 bits per heavy atom. The monoisotopic (exact) mass is 376 g/mol. The van der Waals surface area contributed by atoms with Gasteiger partial charge in [0.2, 0.25) is 0 Å². The summed E-state index contributed by atoms with van der Waals surface area (Å²) in [6.07, 6.45) is 2.14. The largest absolute Gasteiger partial charge is 0.467 e. The fraction of sp³-hybridized carbons (Fsp3) is 0.235. The van der Waals surface area contributed by atoms with E-state index in [2.05, 4.69) is 4.98 Å². The molecule has 8 heteroatoms. The number of thioether (sulfide) groups is 1. The highest BCUT2D eigenvalue weighted by molar-refractivity contribution is 8.00. The molecule has 0 saturated carbocycles. The summed E-state index contributed by atoms with van der Waals surface area (Å²) in [6.45, 7) is 0.625. The summed E-state index contributed by atoms with van der Waals surface area (Å²) in [5.74, 6) is 0.350. The normalized spacial score (nSPS) is 17.2. The number of fused-ring (bicyclic) bond motifs is 1. The highest BCUT2D eigenvalue weighted by Crippen LogP contribution is 2.29. The van der Waals surface area contributed by atoms with Gasteiger partial charge in [0.25, 0.3) is 5.56 Å². The summed E-state index contributed by atoms with van der Waals surface area (Å²) in [7, 11) is 0. The van der Waals surface area contributed by atoms with E-state index in [-0.39, 0.29) is 23.3 Å². The highest BCUT2D eigenvalue weighted by atomic mass is 35.5. The van der Waals surface area contributed by atoms with Crippen molar-refractivity contribution < 1.29 is 13.9 Å². The molecular weight excluding hydrogens is 364 g/mol. The van der Waals surface area contributed by atoms with E-state index in [9.17, 15) is 9.59 Å². The van der Waals surface area contributed by atoms with Gasteiger partial charge in [0.05, 0.1) is 30.3 Å². The number of aromatic nitrogens is 2. The summed E-state index contributed by atoms with van der Waals surface area (Å²) in [4.78, 5) is 29.3. The Kier molecular flexibility index (Phi) is 4.27. The molecule has 0 N–H and O–H groups in total. The van der Waals surface area contributed by atoms with Crippen LogP contribution in [0.5, 0.6) is 0 Å². The van der Waals surface area contributed by atoms with E-state index in [0.29, 0.717) is 39.9 Å². The summed E-state index contributed by atoms with van der Waals surface area (Å²) in [5, 5.41) is 1.04. The van der Waals surface area contributed by atoms with Crippen LogP contribution >= 0.6 is 23.4 Å². The third-order valence-electron chi connectivity index (χ3n) is 3.91. The second-order valence-electron chi connectivity index (χ2n) is 5.59. The van der Waals surface area contributed by atoms with Crippen molar-refractivity contribution in [1.82, 2.24) is 9.55 Å². The number of carbonyl (C=O) groups excluding carboxylic acids is 1. The molecule has 1 aliphatic heterocycles. The third-order valence-corrected chi connectivity index (χ3v) is 5.38. The maximum Gasteiger partial charge on any atom is 0.319 e. The van der Waals surface area contributed by atoms with E-state index >= 15 is 0 Å². The first-order valence-corrected chi connectivity index (χ1v) is 8.93. The van der Waals surface area contributed by atoms with E-state index in [4.69, 9.17) is 20.8 Å². The van der Waals surface area contributed by atoms with Crippen LogP contribution in [0.2, 0.25) is 5.02 Å². The number of ether oxygens (including phenoxy) is 1. The quantitative estimate of drug-likeness (QED) is 0.514. The maximum atomic E-state index is 13.0. The molecular formula is C17H13ClN2O4S. The van der Waals surface area contributed by atoms with E-state index in [0.717, 1.165) is 0 Å². The lowest BCUT2D eigenvalue weighted by atomic mass is 10.2. The Morgan fingerprint density at radius 3 is 2.92 bits per heavy atom. The summed E-state index contributed by atoms with van der Waals surface area (Å²) in [5.41, 5.74) is 0.300. The smallest absolute Gasteiger partial charge is 0.319 e. The Balaban J connectivity index is 1.84. The standard InChI is InChI=1S/C17H13ClN2O4S/c18-10-3-4-12-13(8-10)19-17(25-14-5-7-24-16(14)22)20(15(12)21)9-11-2-1-6-23-11/h1-4,6,8,14H,5,7,9H2/t14-/m0/s1. The minimum Gasteiger partial charge on any atom is -0.467 e. The zero-order valence-electron chi connectivity index (χ0n) is 13.0. The third kappa shape index (κ3) is 3.17. The number of benzene rings is 1. The van der Waals surface area contributed by atoms with E-state index < -0.39 is 0 Å². The molecule has 1 aliphatic rings. The minimum absolute atomic E-state index is 0.202. The zero-order valence-corrected chi connectivity index (χ0v) is 14.5. The van der Waals surface area contributed by atoms with E-state index in [1.165, 1.54) is 16.3 Å². The molecule has 0 radical (unpaired) electrons. The maximum absolute atomic E-state index is 13.0. The second-order valence-corrected chi connectivity index (χ2v) is 7.20. The first kappa shape index (κ1) is 16.2. The average Bonchev–Trinajstić information content (AvgIpc) is 3.23. The van der Waals surface area contributed by atoms with Crippen LogP contribution in [0.25, 0.3) is 10.9 Å². The van der Waals surface area contributed by atoms with Gasteiger partial charge in [0.15, 0.2) is 5.16 Å². The lowest BCUT2D eigenvalue weighted by molar-refractivity contribution is -0.137. The number of nitrogens with zero attached hydrogens (tertiary/aromatic N) is 2. The van der Waals surface area contributed by atoms with E-state index in [1.807, 2.05) is 0 Å². The van der Waals surface area contributed by atoms with Gasteiger partial charge in [-0.3, -0.25) is 14.2 Å². The zero-order chi connectivity index (χ0) is 17.4. The number of rotatable bonds is 4. The molecule has 3 aromatic rings. The van der Waals surface area contributed by atoms with Crippen LogP contribution in [0.1, 0.15) is 12.2 Å². The van der Waals surface area contributed by atoms with Crippen molar-refractivity contribution in [3.05, 3.63) is 57.7 Å². The Bertz CT molecular complexity index is 1000. The van der Waals surface area contributed by atoms with Crippen molar-refractivity contribution in [3.8, 4) is 0 Å². The average molecular weight is 377 g/mol. The van der Waals surface area contributed by atoms with Gasteiger partial charge in [-0.1, -0.05) is 23.4 Å². The Hall–Kier alpha value is -2.25. The molecule has 0 unspecified atom stereocenters. The van der Waals surface area contributed by atoms with Crippen molar-refractivity contribution in [2.75, 3.05) is 6.61 Å². The lowest BCUT2D eigenvalue weighted by Gasteiger charge is -2.13. The number of hydrogen-bond donors (Lipinski definition) is 0.